The highest BCUT2D eigenvalue weighted by Gasteiger charge is 2.17. The van der Waals surface area contributed by atoms with Crippen molar-refractivity contribution in [3.8, 4) is 0 Å². The quantitative estimate of drug-likeness (QED) is 0.498. The lowest BCUT2D eigenvalue weighted by molar-refractivity contribution is 0.101. The van der Waals surface area contributed by atoms with E-state index in [0.717, 1.165) is 22.0 Å². The molecule has 0 aliphatic heterocycles. The minimum atomic E-state index is -3.84. The molecule has 0 unspecified atom stereocenters. The van der Waals surface area contributed by atoms with Crippen molar-refractivity contribution < 1.29 is 13.2 Å². The molecule has 0 atom stereocenters. The molecule has 31 heavy (non-hydrogen) atoms. The van der Waals surface area contributed by atoms with E-state index in [-0.39, 0.29) is 16.8 Å². The van der Waals surface area contributed by atoms with Crippen molar-refractivity contribution in [2.45, 2.75) is 18.7 Å². The molecule has 4 aromatic rings. The van der Waals surface area contributed by atoms with Crippen molar-refractivity contribution in [3.63, 3.8) is 0 Å². The Labute approximate surface area is 180 Å². The average molecular weight is 436 g/mol. The number of rotatable bonds is 5. The number of nitrogens with zero attached hydrogens (tertiary/aromatic N) is 3. The van der Waals surface area contributed by atoms with Crippen LogP contribution in [0.4, 0.5) is 11.6 Å². The maximum Gasteiger partial charge on any atom is 0.272 e. The predicted octanol–water partition coefficient (Wildman–Crippen LogP) is 3.64. The highest BCUT2D eigenvalue weighted by Crippen LogP contribution is 2.25. The zero-order valence-corrected chi connectivity index (χ0v) is 18.1. The third-order valence-corrected chi connectivity index (χ3v) is 6.56. The van der Waals surface area contributed by atoms with Crippen molar-refractivity contribution in [1.29, 1.82) is 0 Å². The van der Waals surface area contributed by atoms with Crippen LogP contribution in [0.2, 0.25) is 0 Å². The molecular formula is C22H21N5O3S. The number of fused-ring (bicyclic) bond motifs is 1. The fourth-order valence-electron chi connectivity index (χ4n) is 3.32. The van der Waals surface area contributed by atoms with E-state index in [9.17, 15) is 13.2 Å². The highest BCUT2D eigenvalue weighted by molar-refractivity contribution is 7.92. The Morgan fingerprint density at radius 1 is 1.00 bits per heavy atom. The summed E-state index contributed by atoms with van der Waals surface area (Å²) in [6.45, 7) is 4.07. The Morgan fingerprint density at radius 2 is 1.68 bits per heavy atom. The minimum Gasteiger partial charge on any atom is -0.340 e. The van der Waals surface area contributed by atoms with Gasteiger partial charge in [-0.2, -0.15) is 0 Å². The lowest BCUT2D eigenvalue weighted by Gasteiger charge is -2.09. The third-order valence-electron chi connectivity index (χ3n) is 5.21. The van der Waals surface area contributed by atoms with Gasteiger partial charge in [0.05, 0.1) is 4.90 Å². The van der Waals surface area contributed by atoms with E-state index in [1.54, 1.807) is 6.07 Å². The van der Waals surface area contributed by atoms with Gasteiger partial charge in [-0.1, -0.05) is 6.07 Å². The summed E-state index contributed by atoms with van der Waals surface area (Å²) in [4.78, 5) is 20.6. The summed E-state index contributed by atoms with van der Waals surface area (Å²) in [7, 11) is -1.99. The second kappa shape index (κ2) is 7.84. The lowest BCUT2D eigenvalue weighted by Crippen LogP contribution is -2.16. The lowest BCUT2D eigenvalue weighted by atomic mass is 10.1. The monoisotopic (exact) mass is 435 g/mol. The fourth-order valence-corrected chi connectivity index (χ4v) is 4.28. The topological polar surface area (TPSA) is 106 Å². The van der Waals surface area contributed by atoms with Gasteiger partial charge in [-0.3, -0.25) is 4.79 Å². The zero-order valence-electron chi connectivity index (χ0n) is 17.2. The number of sulfonamides is 1. The molecule has 0 saturated carbocycles. The molecule has 0 saturated heterocycles. The van der Waals surface area contributed by atoms with Gasteiger partial charge in [-0.25, -0.2) is 23.1 Å². The summed E-state index contributed by atoms with van der Waals surface area (Å²) in [5, 5.41) is 3.85. The molecule has 0 bridgehead atoms. The van der Waals surface area contributed by atoms with Gasteiger partial charge in [-0.05, 0) is 67.4 Å². The molecule has 2 aromatic carbocycles. The number of benzene rings is 2. The molecular weight excluding hydrogens is 414 g/mol. The molecule has 8 nitrogen and oxygen atoms in total. The van der Waals surface area contributed by atoms with E-state index in [2.05, 4.69) is 20.0 Å². The van der Waals surface area contributed by atoms with Crippen LogP contribution < -0.4 is 10.0 Å². The molecule has 1 amide bonds. The minimum absolute atomic E-state index is 0.0128. The van der Waals surface area contributed by atoms with E-state index in [1.165, 1.54) is 36.7 Å². The maximum atomic E-state index is 12.8. The smallest absolute Gasteiger partial charge is 0.272 e. The summed E-state index contributed by atoms with van der Waals surface area (Å²) in [6, 6.07) is 13.4. The van der Waals surface area contributed by atoms with Gasteiger partial charge in [-0.15, -0.1) is 0 Å². The van der Waals surface area contributed by atoms with Crippen LogP contribution in [0.5, 0.6) is 0 Å². The summed E-state index contributed by atoms with van der Waals surface area (Å²) in [5.41, 5.74) is 4.28. The van der Waals surface area contributed by atoms with Gasteiger partial charge < -0.3 is 9.88 Å². The molecule has 0 fully saturated rings. The van der Waals surface area contributed by atoms with Crippen LogP contribution in [0.3, 0.4) is 0 Å². The van der Waals surface area contributed by atoms with Gasteiger partial charge in [0.1, 0.15) is 5.69 Å². The summed E-state index contributed by atoms with van der Waals surface area (Å²) in [5.74, 6) is -0.289. The standard InChI is InChI=1S/C22H21N5O3S/c1-14-5-10-19-18(15(14)2)13-20(27(19)3)21(28)25-16-6-8-17(9-7-16)31(29,30)26-22-23-11-4-12-24-22/h4-13H,1-3H3,(H,25,28)(H,23,24,26). The van der Waals surface area contributed by atoms with Gasteiger partial charge >= 0.3 is 0 Å². The zero-order chi connectivity index (χ0) is 22.2. The number of anilines is 2. The molecule has 0 radical (unpaired) electrons. The van der Waals surface area contributed by atoms with Crippen LogP contribution in [-0.4, -0.2) is 28.9 Å². The van der Waals surface area contributed by atoms with Crippen LogP contribution in [0, 0.1) is 13.8 Å². The molecule has 0 aliphatic carbocycles. The predicted molar refractivity (Wildman–Crippen MR) is 120 cm³/mol. The van der Waals surface area contributed by atoms with Gasteiger partial charge in [0, 0.05) is 36.0 Å². The van der Waals surface area contributed by atoms with E-state index in [0.29, 0.717) is 11.4 Å². The van der Waals surface area contributed by atoms with Gasteiger partial charge in [0.2, 0.25) is 5.95 Å². The first-order valence-electron chi connectivity index (χ1n) is 9.53. The Kier molecular flexibility index (Phi) is 5.20. The number of carbonyl (C=O) groups is 1. The number of amides is 1. The normalized spacial score (nSPS) is 11.5. The molecule has 2 aromatic heterocycles. The average Bonchev–Trinajstić information content (AvgIpc) is 3.09. The third kappa shape index (κ3) is 3.99. The molecule has 158 valence electrons. The van der Waals surface area contributed by atoms with Crippen molar-refractivity contribution in [3.05, 3.63) is 77.7 Å². The van der Waals surface area contributed by atoms with E-state index < -0.39 is 10.0 Å². The Bertz CT molecular complexity index is 1380. The molecule has 0 spiro atoms. The van der Waals surface area contributed by atoms with Crippen molar-refractivity contribution >= 4 is 38.5 Å². The number of hydrogen-bond acceptors (Lipinski definition) is 5. The summed E-state index contributed by atoms with van der Waals surface area (Å²) >= 11 is 0. The maximum absolute atomic E-state index is 12.8. The first-order chi connectivity index (χ1) is 14.8. The van der Waals surface area contributed by atoms with Gasteiger partial charge in [0.25, 0.3) is 15.9 Å². The Balaban J connectivity index is 1.54. The highest BCUT2D eigenvalue weighted by atomic mass is 32.2. The molecule has 4 rings (SSSR count). The van der Waals surface area contributed by atoms with Crippen LogP contribution in [0.15, 0.2) is 65.8 Å². The van der Waals surface area contributed by atoms with Crippen LogP contribution >= 0.6 is 0 Å². The Morgan fingerprint density at radius 3 is 2.35 bits per heavy atom. The number of carbonyl (C=O) groups excluding carboxylic acids is 1. The first-order valence-corrected chi connectivity index (χ1v) is 11.0. The fraction of sp³-hybridized carbons (Fsp3) is 0.136. The SMILES string of the molecule is Cc1ccc2c(cc(C(=O)Nc3ccc(S(=O)(=O)Nc4ncccn4)cc3)n2C)c1C. The van der Waals surface area contributed by atoms with E-state index in [4.69, 9.17) is 0 Å². The molecule has 2 N–H and O–H groups in total. The second-order valence-corrected chi connectivity index (χ2v) is 8.87. The largest absolute Gasteiger partial charge is 0.340 e. The number of aryl methyl sites for hydroxylation is 3. The van der Waals surface area contributed by atoms with Gasteiger partial charge in [0.15, 0.2) is 0 Å². The first kappa shape index (κ1) is 20.5. The van der Waals surface area contributed by atoms with Crippen LogP contribution in [0.1, 0.15) is 21.6 Å². The van der Waals surface area contributed by atoms with Crippen molar-refractivity contribution in [2.24, 2.45) is 7.05 Å². The van der Waals surface area contributed by atoms with Crippen molar-refractivity contribution in [1.82, 2.24) is 14.5 Å². The van der Waals surface area contributed by atoms with Crippen LogP contribution in [0.25, 0.3) is 10.9 Å². The van der Waals surface area contributed by atoms with E-state index in [1.807, 2.05) is 43.7 Å². The number of hydrogen-bond donors (Lipinski definition) is 2. The second-order valence-electron chi connectivity index (χ2n) is 7.19. The summed E-state index contributed by atoms with van der Waals surface area (Å²) < 4.78 is 29.1. The number of nitrogens with one attached hydrogen (secondary N) is 2. The molecule has 9 heteroatoms. The Hall–Kier alpha value is -3.72. The van der Waals surface area contributed by atoms with Crippen LogP contribution in [-0.2, 0) is 17.1 Å². The van der Waals surface area contributed by atoms with E-state index >= 15 is 0 Å². The van der Waals surface area contributed by atoms with Crippen molar-refractivity contribution in [2.75, 3.05) is 10.0 Å². The number of aromatic nitrogens is 3. The molecule has 0 aliphatic rings. The summed E-state index contributed by atoms with van der Waals surface area (Å²) in [6.07, 6.45) is 2.89. The molecule has 2 heterocycles.